The van der Waals surface area contributed by atoms with Crippen LogP contribution in [0.15, 0.2) is 10.9 Å². The van der Waals surface area contributed by atoms with Gasteiger partial charge < -0.3 is 10.6 Å². The average molecular weight is 265 g/mol. The first kappa shape index (κ1) is 12.6. The third kappa shape index (κ3) is 2.92. The Hall–Kier alpha value is -0.450. The Balaban J connectivity index is 1.46. The first-order valence-corrected chi connectivity index (χ1v) is 8.21. The van der Waals surface area contributed by atoms with Crippen molar-refractivity contribution < 1.29 is 0 Å². The number of nitrogens with zero attached hydrogens (tertiary/aromatic N) is 1. The maximum Gasteiger partial charge on any atom is 0.0794 e. The van der Waals surface area contributed by atoms with Crippen LogP contribution in [0, 0.1) is 5.92 Å². The molecule has 1 aliphatic carbocycles. The van der Waals surface area contributed by atoms with E-state index in [-0.39, 0.29) is 0 Å². The topological polar surface area (TPSA) is 37.0 Å². The van der Waals surface area contributed by atoms with E-state index >= 15 is 0 Å². The molecule has 18 heavy (non-hydrogen) atoms. The molecule has 100 valence electrons. The van der Waals surface area contributed by atoms with Crippen molar-refractivity contribution in [3.63, 3.8) is 0 Å². The molecule has 1 aromatic heterocycles. The molecular weight excluding hydrogens is 242 g/mol. The van der Waals surface area contributed by atoms with Crippen molar-refractivity contribution in [2.75, 3.05) is 13.1 Å². The van der Waals surface area contributed by atoms with Gasteiger partial charge in [0.25, 0.3) is 0 Å². The fraction of sp³-hybridized carbons (Fsp3) is 0.786. The van der Waals surface area contributed by atoms with Gasteiger partial charge in [0.1, 0.15) is 0 Å². The van der Waals surface area contributed by atoms with Crippen LogP contribution >= 0.6 is 11.3 Å². The van der Waals surface area contributed by atoms with Gasteiger partial charge in [-0.3, -0.25) is 0 Å². The maximum atomic E-state index is 4.34. The van der Waals surface area contributed by atoms with E-state index < -0.39 is 0 Å². The number of nitrogens with one attached hydrogen (secondary N) is 2. The first-order chi connectivity index (χ1) is 8.93. The fourth-order valence-corrected chi connectivity index (χ4v) is 4.14. The molecule has 0 spiro atoms. The second-order valence-electron chi connectivity index (χ2n) is 5.59. The van der Waals surface area contributed by atoms with Crippen molar-refractivity contribution in [1.82, 2.24) is 15.6 Å². The fourth-order valence-electron chi connectivity index (χ4n) is 3.55. The molecule has 2 fully saturated rings. The third-order valence-electron chi connectivity index (χ3n) is 4.46. The molecule has 0 amide bonds. The van der Waals surface area contributed by atoms with Crippen molar-refractivity contribution in [3.8, 4) is 0 Å². The molecule has 1 aliphatic heterocycles. The van der Waals surface area contributed by atoms with Crippen LogP contribution in [-0.4, -0.2) is 30.2 Å². The van der Waals surface area contributed by atoms with Crippen molar-refractivity contribution in [2.45, 2.75) is 50.6 Å². The Morgan fingerprint density at radius 1 is 1.33 bits per heavy atom. The monoisotopic (exact) mass is 265 g/mol. The minimum atomic E-state index is 0.735. The number of hydrogen-bond donors (Lipinski definition) is 2. The van der Waals surface area contributed by atoms with Gasteiger partial charge in [-0.2, -0.15) is 0 Å². The largest absolute Gasteiger partial charge is 0.314 e. The zero-order valence-electron chi connectivity index (χ0n) is 10.9. The molecule has 1 saturated heterocycles. The molecule has 1 saturated carbocycles. The van der Waals surface area contributed by atoms with E-state index in [0.29, 0.717) is 0 Å². The molecule has 3 rings (SSSR count). The molecule has 3 unspecified atom stereocenters. The Morgan fingerprint density at radius 2 is 2.33 bits per heavy atom. The van der Waals surface area contributed by atoms with E-state index in [4.69, 9.17) is 0 Å². The summed E-state index contributed by atoms with van der Waals surface area (Å²) >= 11 is 1.69. The van der Waals surface area contributed by atoms with Gasteiger partial charge in [0, 0.05) is 30.4 Å². The number of thiazole rings is 1. The first-order valence-electron chi connectivity index (χ1n) is 7.27. The van der Waals surface area contributed by atoms with Crippen LogP contribution < -0.4 is 10.6 Å². The van der Waals surface area contributed by atoms with Gasteiger partial charge in [-0.15, -0.1) is 11.3 Å². The summed E-state index contributed by atoms with van der Waals surface area (Å²) in [6.07, 6.45) is 8.00. The van der Waals surface area contributed by atoms with E-state index in [1.54, 1.807) is 11.3 Å². The van der Waals surface area contributed by atoms with E-state index in [2.05, 4.69) is 21.0 Å². The van der Waals surface area contributed by atoms with E-state index in [9.17, 15) is 0 Å². The number of aromatic nitrogens is 1. The lowest BCUT2D eigenvalue weighted by molar-refractivity contribution is 0.322. The van der Waals surface area contributed by atoms with Crippen LogP contribution in [0.5, 0.6) is 0 Å². The average Bonchev–Trinajstić information content (AvgIpc) is 3.12. The lowest BCUT2D eigenvalue weighted by atomic mass is 9.93. The van der Waals surface area contributed by atoms with Gasteiger partial charge in [-0.25, -0.2) is 4.98 Å². The smallest absolute Gasteiger partial charge is 0.0794 e. The molecule has 3 atom stereocenters. The molecule has 2 N–H and O–H groups in total. The highest BCUT2D eigenvalue weighted by molar-refractivity contribution is 7.07. The number of hydrogen-bond acceptors (Lipinski definition) is 4. The summed E-state index contributed by atoms with van der Waals surface area (Å²) < 4.78 is 0. The van der Waals surface area contributed by atoms with E-state index in [0.717, 1.165) is 31.0 Å². The van der Waals surface area contributed by atoms with Crippen LogP contribution in [0.25, 0.3) is 0 Å². The third-order valence-corrected chi connectivity index (χ3v) is 5.09. The lowest BCUT2D eigenvalue weighted by Crippen LogP contribution is -2.42. The zero-order valence-corrected chi connectivity index (χ0v) is 11.7. The molecule has 1 aromatic rings. The summed E-state index contributed by atoms with van der Waals surface area (Å²) in [5, 5.41) is 9.61. The molecule has 3 nitrogen and oxygen atoms in total. The quantitative estimate of drug-likeness (QED) is 0.857. The van der Waals surface area contributed by atoms with Crippen LogP contribution in [0.4, 0.5) is 0 Å². The second kappa shape index (κ2) is 6.13. The van der Waals surface area contributed by atoms with Gasteiger partial charge in [0.15, 0.2) is 0 Å². The van der Waals surface area contributed by atoms with Crippen LogP contribution in [0.3, 0.4) is 0 Å². The normalized spacial score (nSPS) is 32.1. The van der Waals surface area contributed by atoms with Gasteiger partial charge in [0.05, 0.1) is 11.2 Å². The molecule has 2 aliphatic rings. The minimum Gasteiger partial charge on any atom is -0.314 e. The highest BCUT2D eigenvalue weighted by atomic mass is 32.1. The predicted molar refractivity (Wildman–Crippen MR) is 76.0 cm³/mol. The standard InChI is InChI=1S/C14H23N3S/c1-3-12(14-5-2-7-15-14)13(4-1)16-8-6-11-9-18-10-17-11/h9-10,12-16H,1-8H2. The summed E-state index contributed by atoms with van der Waals surface area (Å²) in [6, 6.07) is 1.52. The minimum absolute atomic E-state index is 0.735. The zero-order chi connectivity index (χ0) is 12.2. The van der Waals surface area contributed by atoms with Crippen molar-refractivity contribution in [3.05, 3.63) is 16.6 Å². The summed E-state index contributed by atoms with van der Waals surface area (Å²) in [5.74, 6) is 0.864. The summed E-state index contributed by atoms with van der Waals surface area (Å²) in [6.45, 7) is 2.31. The van der Waals surface area contributed by atoms with Gasteiger partial charge in [-0.05, 0) is 38.1 Å². The Kier molecular flexibility index (Phi) is 4.28. The molecule has 4 heteroatoms. The van der Waals surface area contributed by atoms with Crippen LogP contribution in [0.2, 0.25) is 0 Å². The lowest BCUT2D eigenvalue weighted by Gasteiger charge is -2.26. The molecular formula is C14H23N3S. The van der Waals surface area contributed by atoms with Gasteiger partial charge in [0.2, 0.25) is 0 Å². The Labute approximate surface area is 113 Å². The molecule has 0 bridgehead atoms. The van der Waals surface area contributed by atoms with E-state index in [1.807, 2.05) is 5.51 Å². The SMILES string of the molecule is c1nc(CCNC2CCCC2C2CCCN2)cs1. The van der Waals surface area contributed by atoms with Crippen LogP contribution in [-0.2, 0) is 6.42 Å². The Bertz CT molecular complexity index is 346. The number of rotatable bonds is 5. The molecule has 2 heterocycles. The highest BCUT2D eigenvalue weighted by Gasteiger charge is 2.34. The summed E-state index contributed by atoms with van der Waals surface area (Å²) in [7, 11) is 0. The predicted octanol–water partition coefficient (Wildman–Crippen LogP) is 2.20. The molecule has 0 radical (unpaired) electrons. The Morgan fingerprint density at radius 3 is 3.11 bits per heavy atom. The highest BCUT2D eigenvalue weighted by Crippen LogP contribution is 2.31. The summed E-state index contributed by atoms with van der Waals surface area (Å²) in [4.78, 5) is 4.34. The van der Waals surface area contributed by atoms with Crippen molar-refractivity contribution in [2.24, 2.45) is 5.92 Å². The second-order valence-corrected chi connectivity index (χ2v) is 6.31. The summed E-state index contributed by atoms with van der Waals surface area (Å²) in [5.41, 5.74) is 3.16. The van der Waals surface area contributed by atoms with Crippen LogP contribution in [0.1, 0.15) is 37.8 Å². The van der Waals surface area contributed by atoms with Gasteiger partial charge in [-0.1, -0.05) is 6.42 Å². The molecule has 0 aromatic carbocycles. The maximum absolute atomic E-state index is 4.34. The van der Waals surface area contributed by atoms with Gasteiger partial charge >= 0.3 is 0 Å². The van der Waals surface area contributed by atoms with E-state index in [1.165, 1.54) is 44.3 Å². The van der Waals surface area contributed by atoms with Crippen molar-refractivity contribution in [1.29, 1.82) is 0 Å². The van der Waals surface area contributed by atoms with Crippen molar-refractivity contribution >= 4 is 11.3 Å².